The van der Waals surface area contributed by atoms with E-state index in [-0.39, 0.29) is 26.4 Å². The number of aromatic nitrogens is 1. The third kappa shape index (κ3) is 55.8. The van der Waals surface area contributed by atoms with Gasteiger partial charge in [0, 0.05) is 23.5 Å². The third-order valence-corrected chi connectivity index (χ3v) is 17.0. The average molecular weight is 1040 g/mol. The monoisotopic (exact) mass is 1040 g/mol. The van der Waals surface area contributed by atoms with E-state index >= 15 is 0 Å². The number of phosphoric ester groups is 3. The number of rotatable bonds is 40. The van der Waals surface area contributed by atoms with Crippen molar-refractivity contribution in [1.82, 2.24) is 4.98 Å². The van der Waals surface area contributed by atoms with Crippen LogP contribution in [0.5, 0.6) is 0 Å². The molecule has 0 fully saturated rings. The molecule has 0 bridgehead atoms. The highest BCUT2D eigenvalue weighted by molar-refractivity contribution is 8.77. The van der Waals surface area contributed by atoms with Crippen LogP contribution in [0.15, 0.2) is 29.4 Å². The zero-order valence-electron chi connectivity index (χ0n) is 38.2. The predicted molar refractivity (Wildman–Crippen MR) is 271 cm³/mol. The maximum Gasteiger partial charge on any atom is 0.472 e. The van der Waals surface area contributed by atoms with Crippen molar-refractivity contribution in [3.8, 4) is 0 Å². The summed E-state index contributed by atoms with van der Waals surface area (Å²) in [6.07, 6.45) is 26.2. The van der Waals surface area contributed by atoms with Gasteiger partial charge in [-0.2, -0.15) is 0 Å². The average Bonchev–Trinajstić information content (AvgIpc) is 3.23. The van der Waals surface area contributed by atoms with Crippen LogP contribution < -0.4 is 0 Å². The van der Waals surface area contributed by atoms with Gasteiger partial charge in [-0.3, -0.25) is 27.1 Å². The van der Waals surface area contributed by atoms with Gasteiger partial charge in [-0.05, 0) is 94.7 Å². The van der Waals surface area contributed by atoms with E-state index in [1.54, 1.807) is 31.6 Å². The molecule has 0 amide bonds. The molecular weight excluding hydrogens is 960 g/mol. The molecule has 3 N–H and O–H groups in total. The number of hydrogen-bond acceptors (Lipinski definition) is 16. The summed E-state index contributed by atoms with van der Waals surface area (Å²) in [7, 11) is -0.306. The lowest BCUT2D eigenvalue weighted by Gasteiger charge is -2.10. The van der Waals surface area contributed by atoms with Gasteiger partial charge >= 0.3 is 23.5 Å². The molecule has 1 rings (SSSR count). The quantitative estimate of drug-likeness (QED) is 0.0320. The smallest absolute Gasteiger partial charge is 0.302 e. The maximum absolute atomic E-state index is 11.3. The molecule has 1 aromatic heterocycles. The van der Waals surface area contributed by atoms with Gasteiger partial charge in [0.1, 0.15) is 5.03 Å². The first-order valence-corrected chi connectivity index (χ1v) is 34.0. The molecule has 366 valence electrons. The second kappa shape index (κ2) is 51.0. The molecule has 0 aliphatic carbocycles. The van der Waals surface area contributed by atoms with Crippen LogP contribution in [-0.4, -0.2) is 89.1 Å². The largest absolute Gasteiger partial charge is 0.472 e. The summed E-state index contributed by atoms with van der Waals surface area (Å²) in [6.45, 7) is 10.5. The van der Waals surface area contributed by atoms with Gasteiger partial charge in [0.2, 0.25) is 0 Å². The van der Waals surface area contributed by atoms with E-state index in [1.165, 1.54) is 69.3 Å². The first-order chi connectivity index (χ1) is 29.4. The molecule has 3 unspecified atom stereocenters. The highest BCUT2D eigenvalue weighted by atomic mass is 33.1. The Morgan fingerprint density at radius 3 is 1.08 bits per heavy atom. The SMILES string of the molecule is CC.CCOP(=O)(O)OCCCCCCCCSSC.CCOP(=O)(O)OCCCCCCCCSSC.CCOP(=O)(O)OCCCCCCCCSSc1ccccn1. The zero-order valence-corrected chi connectivity index (χ0v) is 45.7. The van der Waals surface area contributed by atoms with Crippen molar-refractivity contribution < 1.29 is 55.5 Å². The van der Waals surface area contributed by atoms with Gasteiger partial charge in [-0.25, -0.2) is 18.7 Å². The second-order valence-electron chi connectivity index (χ2n) is 12.6. The summed E-state index contributed by atoms with van der Waals surface area (Å²) in [5, 5.41) is 1.06. The minimum absolute atomic E-state index is 0.185. The van der Waals surface area contributed by atoms with Gasteiger partial charge in [0.15, 0.2) is 0 Å². The molecule has 0 saturated carbocycles. The van der Waals surface area contributed by atoms with Gasteiger partial charge in [0.25, 0.3) is 0 Å². The number of nitrogens with zero attached hydrogens (tertiary/aromatic N) is 1. The summed E-state index contributed by atoms with van der Waals surface area (Å²) in [6, 6.07) is 5.95. The van der Waals surface area contributed by atoms with Crippen molar-refractivity contribution in [3.63, 3.8) is 0 Å². The van der Waals surface area contributed by atoms with Crippen molar-refractivity contribution in [2.24, 2.45) is 0 Å². The molecule has 1 aromatic rings. The Kier molecular flexibility index (Phi) is 55.9. The van der Waals surface area contributed by atoms with E-state index in [0.29, 0.717) is 13.2 Å². The number of pyridine rings is 1. The summed E-state index contributed by atoms with van der Waals surface area (Å²) >= 11 is 0. The third-order valence-electron chi connectivity index (χ3n) is 7.52. The van der Waals surface area contributed by atoms with Crippen LogP contribution in [-0.2, 0) is 40.8 Å². The lowest BCUT2D eigenvalue weighted by molar-refractivity contribution is 0.151. The summed E-state index contributed by atoms with van der Waals surface area (Å²) in [5.74, 6) is 3.59. The van der Waals surface area contributed by atoms with Crippen molar-refractivity contribution in [3.05, 3.63) is 24.4 Å². The van der Waals surface area contributed by atoms with E-state index < -0.39 is 23.5 Å². The molecule has 0 saturated heterocycles. The lowest BCUT2D eigenvalue weighted by Crippen LogP contribution is -1.96. The van der Waals surface area contributed by atoms with E-state index in [4.69, 9.17) is 23.4 Å². The Morgan fingerprint density at radius 2 is 0.787 bits per heavy atom. The lowest BCUT2D eigenvalue weighted by atomic mass is 10.1. The van der Waals surface area contributed by atoms with Crippen LogP contribution in [0.4, 0.5) is 0 Å². The Labute approximate surface area is 395 Å². The molecule has 1 heterocycles. The van der Waals surface area contributed by atoms with Gasteiger partial charge in [0.05, 0.1) is 39.6 Å². The molecule has 0 aromatic carbocycles. The Balaban J connectivity index is -0.000000819. The molecule has 3 atom stereocenters. The molecule has 61 heavy (non-hydrogen) atoms. The normalized spacial score (nSPS) is 13.9. The molecular formula is C39H82NO12P3S6. The first-order valence-electron chi connectivity index (χ1n) is 21.8. The van der Waals surface area contributed by atoms with Gasteiger partial charge < -0.3 is 14.7 Å². The van der Waals surface area contributed by atoms with Crippen LogP contribution in [0.3, 0.4) is 0 Å². The summed E-state index contributed by atoms with van der Waals surface area (Å²) in [5.41, 5.74) is 0. The fraction of sp³-hybridized carbons (Fsp3) is 0.872. The van der Waals surface area contributed by atoms with Gasteiger partial charge in [-0.1, -0.05) is 151 Å². The van der Waals surface area contributed by atoms with Crippen LogP contribution in [0.2, 0.25) is 0 Å². The standard InChI is InChI=1S/C15H26NO4PS2.2C11H25O4PS2.C2H6/c1-2-19-21(17,18)20-13-9-5-3-4-6-10-14-22-23-15-11-7-8-12-16-15;2*1-3-14-16(12,13)15-10-8-6-4-5-7-9-11-18-17-2;1-2/h7-8,11-12H,2-6,9-10,13-14H2,1H3,(H,17,18);2*3-11H2,1-2H3,(H,12,13);1-2H3. The van der Waals surface area contributed by atoms with Crippen molar-refractivity contribution in [1.29, 1.82) is 0 Å². The van der Waals surface area contributed by atoms with E-state index in [1.807, 2.05) is 92.2 Å². The van der Waals surface area contributed by atoms with Crippen LogP contribution in [0.1, 0.15) is 150 Å². The van der Waals surface area contributed by atoms with Crippen molar-refractivity contribution in [2.45, 2.75) is 155 Å². The highest BCUT2D eigenvalue weighted by Crippen LogP contribution is 2.44. The van der Waals surface area contributed by atoms with E-state index in [9.17, 15) is 18.6 Å². The first kappa shape index (κ1) is 66.9. The minimum Gasteiger partial charge on any atom is -0.302 e. The molecule has 0 spiro atoms. The van der Waals surface area contributed by atoms with Crippen molar-refractivity contribution in [2.75, 3.05) is 69.4 Å². The van der Waals surface area contributed by atoms with E-state index in [2.05, 4.69) is 31.1 Å². The molecule has 13 nitrogen and oxygen atoms in total. The highest BCUT2D eigenvalue weighted by Gasteiger charge is 2.20. The molecule has 0 radical (unpaired) electrons. The Hall–Kier alpha value is 1.58. The second-order valence-corrected chi connectivity index (χ2v) is 24.7. The van der Waals surface area contributed by atoms with Crippen LogP contribution in [0, 0.1) is 0 Å². The van der Waals surface area contributed by atoms with E-state index in [0.717, 1.165) is 68.6 Å². The number of unbranched alkanes of at least 4 members (excludes halogenated alkanes) is 15. The summed E-state index contributed by atoms with van der Waals surface area (Å²) in [4.78, 5) is 31.8. The molecule has 22 heteroatoms. The Bertz CT molecular complexity index is 1130. The number of hydrogen-bond donors (Lipinski definition) is 3. The minimum atomic E-state index is -3.80. The Morgan fingerprint density at radius 1 is 0.475 bits per heavy atom. The topological polar surface area (TPSA) is 180 Å². The fourth-order valence-electron chi connectivity index (χ4n) is 4.72. The fourth-order valence-corrected chi connectivity index (χ4v) is 11.7. The predicted octanol–water partition coefficient (Wildman–Crippen LogP) is 15.3. The zero-order chi connectivity index (χ0) is 46.2. The van der Waals surface area contributed by atoms with Gasteiger partial charge in [-0.15, -0.1) is 0 Å². The van der Waals surface area contributed by atoms with Crippen molar-refractivity contribution >= 4 is 88.2 Å². The summed E-state index contributed by atoms with van der Waals surface area (Å²) < 4.78 is 61.9. The maximum atomic E-state index is 11.3. The molecule has 0 aliphatic rings. The number of phosphoric acid groups is 3. The van der Waals surface area contributed by atoms with Crippen LogP contribution in [0.25, 0.3) is 0 Å². The van der Waals surface area contributed by atoms with Crippen LogP contribution >= 0.6 is 88.2 Å². The molecule has 0 aliphatic heterocycles.